The highest BCUT2D eigenvalue weighted by molar-refractivity contribution is 5.85. The number of carbonyl (C=O) groups excluding carboxylic acids is 1. The monoisotopic (exact) mass is 375 g/mol. The van der Waals surface area contributed by atoms with E-state index in [1.54, 1.807) is 18.6 Å². The molecule has 136 valence electrons. The highest BCUT2D eigenvalue weighted by atomic mass is 35.5. The smallest absolute Gasteiger partial charge is 0.227 e. The summed E-state index contributed by atoms with van der Waals surface area (Å²) in [7, 11) is 0. The van der Waals surface area contributed by atoms with E-state index in [1.807, 2.05) is 11.8 Å². The Morgan fingerprint density at radius 1 is 1.21 bits per heavy atom. The number of rotatable bonds is 2. The molecule has 2 unspecified atom stereocenters. The van der Waals surface area contributed by atoms with Crippen molar-refractivity contribution in [2.75, 3.05) is 31.1 Å². The van der Waals surface area contributed by atoms with E-state index in [0.717, 1.165) is 57.7 Å². The van der Waals surface area contributed by atoms with Crippen molar-refractivity contribution in [1.82, 2.24) is 14.9 Å². The molecule has 1 amide bonds. The normalized spacial score (nSPS) is 27.0. The van der Waals surface area contributed by atoms with Crippen LogP contribution in [0.4, 0.5) is 5.82 Å². The van der Waals surface area contributed by atoms with Gasteiger partial charge in [-0.1, -0.05) is 12.8 Å². The SMILES string of the molecule is CC1(N)CCCCC1C(=O)N1CCN(c2cnccn2)CC1.Cl.Cl. The second kappa shape index (κ2) is 8.83. The minimum absolute atomic E-state index is 0. The van der Waals surface area contributed by atoms with Crippen molar-refractivity contribution in [3.8, 4) is 0 Å². The van der Waals surface area contributed by atoms with E-state index >= 15 is 0 Å². The van der Waals surface area contributed by atoms with Gasteiger partial charge < -0.3 is 15.5 Å². The number of piperazine rings is 1. The van der Waals surface area contributed by atoms with Crippen molar-refractivity contribution < 1.29 is 4.79 Å². The van der Waals surface area contributed by atoms with Gasteiger partial charge in [0.25, 0.3) is 0 Å². The predicted octanol–water partition coefficient (Wildman–Crippen LogP) is 1.88. The first-order valence-corrected chi connectivity index (χ1v) is 8.16. The molecule has 1 saturated heterocycles. The van der Waals surface area contributed by atoms with E-state index in [1.165, 1.54) is 0 Å². The summed E-state index contributed by atoms with van der Waals surface area (Å²) in [5.41, 5.74) is 6.02. The number of hydrogen-bond donors (Lipinski definition) is 1. The molecule has 8 heteroatoms. The third kappa shape index (κ3) is 4.49. The van der Waals surface area contributed by atoms with Gasteiger partial charge in [-0.25, -0.2) is 4.98 Å². The van der Waals surface area contributed by atoms with Gasteiger partial charge in [0.2, 0.25) is 5.91 Å². The summed E-state index contributed by atoms with van der Waals surface area (Å²) in [5.74, 6) is 1.10. The zero-order chi connectivity index (χ0) is 15.6. The fourth-order valence-corrected chi connectivity index (χ4v) is 3.59. The van der Waals surface area contributed by atoms with Crippen LogP contribution in [0.3, 0.4) is 0 Å². The summed E-state index contributed by atoms with van der Waals surface area (Å²) < 4.78 is 0. The molecule has 2 atom stereocenters. The minimum Gasteiger partial charge on any atom is -0.352 e. The van der Waals surface area contributed by atoms with Crippen molar-refractivity contribution >= 4 is 36.5 Å². The zero-order valence-electron chi connectivity index (χ0n) is 14.1. The van der Waals surface area contributed by atoms with Crippen LogP contribution in [0, 0.1) is 5.92 Å². The van der Waals surface area contributed by atoms with Gasteiger partial charge in [-0.2, -0.15) is 0 Å². The lowest BCUT2D eigenvalue weighted by Crippen LogP contribution is -2.57. The third-order valence-electron chi connectivity index (χ3n) is 5.02. The van der Waals surface area contributed by atoms with E-state index in [2.05, 4.69) is 14.9 Å². The molecule has 2 heterocycles. The molecule has 1 aromatic rings. The molecule has 2 fully saturated rings. The van der Waals surface area contributed by atoms with Gasteiger partial charge in [0.15, 0.2) is 0 Å². The van der Waals surface area contributed by atoms with Crippen LogP contribution < -0.4 is 10.6 Å². The predicted molar refractivity (Wildman–Crippen MR) is 99.9 cm³/mol. The van der Waals surface area contributed by atoms with Gasteiger partial charge in [0.05, 0.1) is 12.1 Å². The van der Waals surface area contributed by atoms with Crippen molar-refractivity contribution in [2.45, 2.75) is 38.1 Å². The second-order valence-corrected chi connectivity index (χ2v) is 6.68. The zero-order valence-corrected chi connectivity index (χ0v) is 15.7. The molecule has 2 aliphatic rings. The van der Waals surface area contributed by atoms with E-state index in [9.17, 15) is 4.79 Å². The summed E-state index contributed by atoms with van der Waals surface area (Å²) in [5, 5.41) is 0. The van der Waals surface area contributed by atoms with Crippen molar-refractivity contribution in [3.05, 3.63) is 18.6 Å². The average molecular weight is 376 g/mol. The summed E-state index contributed by atoms with van der Waals surface area (Å²) >= 11 is 0. The molecule has 1 aliphatic heterocycles. The second-order valence-electron chi connectivity index (χ2n) is 6.68. The number of aromatic nitrogens is 2. The molecular weight excluding hydrogens is 349 g/mol. The molecule has 0 radical (unpaired) electrons. The molecule has 24 heavy (non-hydrogen) atoms. The van der Waals surface area contributed by atoms with Crippen LogP contribution >= 0.6 is 24.8 Å². The van der Waals surface area contributed by atoms with Gasteiger partial charge >= 0.3 is 0 Å². The van der Waals surface area contributed by atoms with Crippen molar-refractivity contribution in [2.24, 2.45) is 11.7 Å². The standard InChI is InChI=1S/C16H25N5O.2ClH/c1-16(17)5-3-2-4-13(16)15(22)21-10-8-20(9-11-21)14-12-18-6-7-19-14;;/h6-7,12-13H,2-5,8-11,17H2,1H3;2*1H. The molecule has 0 spiro atoms. The summed E-state index contributed by atoms with van der Waals surface area (Å²) in [6.45, 7) is 5.12. The maximum Gasteiger partial charge on any atom is 0.227 e. The van der Waals surface area contributed by atoms with Crippen molar-refractivity contribution in [1.29, 1.82) is 0 Å². The first-order valence-electron chi connectivity index (χ1n) is 8.16. The topological polar surface area (TPSA) is 75.4 Å². The number of nitrogens with zero attached hydrogens (tertiary/aromatic N) is 4. The number of carbonyl (C=O) groups is 1. The Balaban J connectivity index is 0.00000144. The first-order chi connectivity index (χ1) is 10.6. The van der Waals surface area contributed by atoms with Gasteiger partial charge in [0, 0.05) is 44.1 Å². The van der Waals surface area contributed by atoms with Crippen LogP contribution in [0.15, 0.2) is 18.6 Å². The molecule has 6 nitrogen and oxygen atoms in total. The Morgan fingerprint density at radius 3 is 2.50 bits per heavy atom. The largest absolute Gasteiger partial charge is 0.352 e. The van der Waals surface area contributed by atoms with E-state index in [0.29, 0.717) is 0 Å². The Bertz CT molecular complexity index is 520. The van der Waals surface area contributed by atoms with E-state index in [4.69, 9.17) is 5.73 Å². The highest BCUT2D eigenvalue weighted by Crippen LogP contribution is 2.33. The summed E-state index contributed by atoms with van der Waals surface area (Å²) in [4.78, 5) is 25.4. The van der Waals surface area contributed by atoms with Crippen LogP contribution in [-0.4, -0.2) is 52.5 Å². The van der Waals surface area contributed by atoms with Gasteiger partial charge in [-0.3, -0.25) is 9.78 Å². The quantitative estimate of drug-likeness (QED) is 0.853. The van der Waals surface area contributed by atoms with Crippen molar-refractivity contribution in [3.63, 3.8) is 0 Å². The molecule has 0 aromatic carbocycles. The third-order valence-corrected chi connectivity index (χ3v) is 5.02. The number of nitrogens with two attached hydrogens (primary N) is 1. The molecule has 0 bridgehead atoms. The Labute approximate surface area is 156 Å². The number of halogens is 2. The fourth-order valence-electron chi connectivity index (χ4n) is 3.59. The highest BCUT2D eigenvalue weighted by Gasteiger charge is 2.40. The Hall–Kier alpha value is -1.11. The lowest BCUT2D eigenvalue weighted by molar-refractivity contribution is -0.139. The lowest BCUT2D eigenvalue weighted by atomic mass is 9.74. The van der Waals surface area contributed by atoms with Gasteiger partial charge in [-0.05, 0) is 19.8 Å². The molecule has 1 aliphatic carbocycles. The van der Waals surface area contributed by atoms with E-state index in [-0.39, 0.29) is 42.2 Å². The van der Waals surface area contributed by atoms with Crippen LogP contribution in [0.1, 0.15) is 32.6 Å². The summed E-state index contributed by atoms with van der Waals surface area (Å²) in [6, 6.07) is 0. The molecule has 3 rings (SSSR count). The Kier molecular flexibility index (Phi) is 7.70. The number of anilines is 1. The van der Waals surface area contributed by atoms with Crippen LogP contribution in [0.2, 0.25) is 0 Å². The average Bonchev–Trinajstić information content (AvgIpc) is 2.55. The minimum atomic E-state index is -0.350. The first kappa shape index (κ1) is 20.9. The molecule has 2 N–H and O–H groups in total. The fraction of sp³-hybridized carbons (Fsp3) is 0.688. The Morgan fingerprint density at radius 2 is 1.92 bits per heavy atom. The number of hydrogen-bond acceptors (Lipinski definition) is 5. The van der Waals surface area contributed by atoms with Gasteiger partial charge in [-0.15, -0.1) is 24.8 Å². The summed E-state index contributed by atoms with van der Waals surface area (Å²) in [6.07, 6.45) is 9.28. The maximum atomic E-state index is 12.8. The number of amides is 1. The lowest BCUT2D eigenvalue weighted by Gasteiger charge is -2.42. The maximum absolute atomic E-state index is 12.8. The van der Waals surface area contributed by atoms with E-state index < -0.39 is 0 Å². The molecule has 1 aromatic heterocycles. The van der Waals surface area contributed by atoms with Crippen LogP contribution in [-0.2, 0) is 4.79 Å². The molecule has 1 saturated carbocycles. The van der Waals surface area contributed by atoms with Crippen LogP contribution in [0.5, 0.6) is 0 Å². The van der Waals surface area contributed by atoms with Crippen LogP contribution in [0.25, 0.3) is 0 Å². The van der Waals surface area contributed by atoms with Gasteiger partial charge in [0.1, 0.15) is 5.82 Å². The molecular formula is C16H27Cl2N5O.